The average Bonchev–Trinajstić information content (AvgIpc) is 2.42. The summed E-state index contributed by atoms with van der Waals surface area (Å²) in [6, 6.07) is 6.20. The molecule has 1 saturated carbocycles. The minimum Gasteiger partial charge on any atom is -0.313 e. The molecule has 0 saturated heterocycles. The van der Waals surface area contributed by atoms with E-state index in [-0.39, 0.29) is 0 Å². The first-order valence-electron chi connectivity index (χ1n) is 7.28. The van der Waals surface area contributed by atoms with Gasteiger partial charge in [-0.3, -0.25) is 0 Å². The summed E-state index contributed by atoms with van der Waals surface area (Å²) in [7, 11) is 2.03. The van der Waals surface area contributed by atoms with Crippen LogP contribution in [0.5, 0.6) is 0 Å². The molecule has 0 aromatic heterocycles. The lowest BCUT2D eigenvalue weighted by atomic mass is 9.76. The smallest absolute Gasteiger partial charge is 0.0468 e. The summed E-state index contributed by atoms with van der Waals surface area (Å²) in [5.41, 5.74) is 1.19. The van der Waals surface area contributed by atoms with Gasteiger partial charge in [0.2, 0.25) is 0 Å². The molecule has 106 valence electrons. The molecule has 1 aliphatic carbocycles. The van der Waals surface area contributed by atoms with E-state index in [9.17, 15) is 0 Å². The van der Waals surface area contributed by atoms with Gasteiger partial charge in [-0.25, -0.2) is 0 Å². The standard InChI is InChI=1S/C16H23Cl2N/c1-3-11-4-6-12(7-5-11)16(19-2)14-9-8-13(17)10-15(14)18/h8-12,16,19H,3-7H2,1-2H3. The maximum atomic E-state index is 6.35. The summed E-state index contributed by atoms with van der Waals surface area (Å²) in [6.07, 6.45) is 6.61. The summed E-state index contributed by atoms with van der Waals surface area (Å²) >= 11 is 12.3. The van der Waals surface area contributed by atoms with E-state index in [1.165, 1.54) is 37.7 Å². The third-order valence-corrected chi connectivity index (χ3v) is 5.11. The normalized spacial score (nSPS) is 25.3. The molecule has 0 aliphatic heterocycles. The van der Waals surface area contributed by atoms with Crippen molar-refractivity contribution in [1.29, 1.82) is 0 Å². The van der Waals surface area contributed by atoms with Crippen molar-refractivity contribution in [3.63, 3.8) is 0 Å². The highest BCUT2D eigenvalue weighted by atomic mass is 35.5. The lowest BCUT2D eigenvalue weighted by Crippen LogP contribution is -2.29. The molecule has 19 heavy (non-hydrogen) atoms. The Morgan fingerprint density at radius 1 is 1.21 bits per heavy atom. The first-order valence-corrected chi connectivity index (χ1v) is 8.03. The Morgan fingerprint density at radius 2 is 1.89 bits per heavy atom. The highest BCUT2D eigenvalue weighted by Gasteiger charge is 2.28. The first-order chi connectivity index (χ1) is 9.15. The Bertz CT molecular complexity index is 411. The molecule has 1 aliphatic rings. The fourth-order valence-corrected chi connectivity index (χ4v) is 3.85. The molecule has 0 radical (unpaired) electrons. The second-order valence-corrected chi connectivity index (χ2v) is 6.46. The maximum absolute atomic E-state index is 6.35. The van der Waals surface area contributed by atoms with E-state index in [1.807, 2.05) is 19.2 Å². The van der Waals surface area contributed by atoms with Gasteiger partial charge in [0.05, 0.1) is 0 Å². The molecule has 1 nitrogen and oxygen atoms in total. The summed E-state index contributed by atoms with van der Waals surface area (Å²) < 4.78 is 0. The highest BCUT2D eigenvalue weighted by Crippen LogP contribution is 2.40. The third-order valence-electron chi connectivity index (χ3n) is 4.55. The van der Waals surface area contributed by atoms with Gasteiger partial charge >= 0.3 is 0 Å². The summed E-state index contributed by atoms with van der Waals surface area (Å²) in [5.74, 6) is 1.61. The van der Waals surface area contributed by atoms with E-state index in [0.717, 1.165) is 10.9 Å². The van der Waals surface area contributed by atoms with Gasteiger partial charge in [0, 0.05) is 16.1 Å². The average molecular weight is 300 g/mol. The van der Waals surface area contributed by atoms with Crippen LogP contribution in [-0.2, 0) is 0 Å². The van der Waals surface area contributed by atoms with Gasteiger partial charge in [-0.15, -0.1) is 0 Å². The van der Waals surface area contributed by atoms with E-state index in [2.05, 4.69) is 18.3 Å². The van der Waals surface area contributed by atoms with E-state index in [0.29, 0.717) is 17.0 Å². The molecule has 1 aromatic rings. The third kappa shape index (κ3) is 3.65. The quantitative estimate of drug-likeness (QED) is 0.777. The molecule has 0 bridgehead atoms. The number of hydrogen-bond donors (Lipinski definition) is 1. The predicted molar refractivity (Wildman–Crippen MR) is 84.0 cm³/mol. The molecule has 1 aromatic carbocycles. The first kappa shape index (κ1) is 15.2. The topological polar surface area (TPSA) is 12.0 Å². The van der Waals surface area contributed by atoms with Gasteiger partial charge in [0.15, 0.2) is 0 Å². The minimum absolute atomic E-state index is 0.350. The molecule has 1 N–H and O–H groups in total. The molecule has 0 heterocycles. The van der Waals surface area contributed by atoms with Crippen molar-refractivity contribution in [1.82, 2.24) is 5.32 Å². The van der Waals surface area contributed by atoms with Gasteiger partial charge in [0.25, 0.3) is 0 Å². The van der Waals surface area contributed by atoms with Crippen LogP contribution in [0.2, 0.25) is 10.0 Å². The van der Waals surface area contributed by atoms with Crippen molar-refractivity contribution in [2.45, 2.75) is 45.1 Å². The van der Waals surface area contributed by atoms with Crippen LogP contribution in [0.3, 0.4) is 0 Å². The molecule has 1 fully saturated rings. The van der Waals surface area contributed by atoms with Crippen LogP contribution in [0.1, 0.15) is 50.6 Å². The SMILES string of the molecule is CCC1CCC(C(NC)c2ccc(Cl)cc2Cl)CC1. The molecule has 1 atom stereocenters. The van der Waals surface area contributed by atoms with Crippen LogP contribution >= 0.6 is 23.2 Å². The largest absolute Gasteiger partial charge is 0.313 e. The lowest BCUT2D eigenvalue weighted by Gasteiger charge is -2.34. The van der Waals surface area contributed by atoms with Crippen molar-refractivity contribution in [3.8, 4) is 0 Å². The van der Waals surface area contributed by atoms with Crippen molar-refractivity contribution < 1.29 is 0 Å². The van der Waals surface area contributed by atoms with E-state index < -0.39 is 0 Å². The Balaban J connectivity index is 2.12. The minimum atomic E-state index is 0.350. The fourth-order valence-electron chi connectivity index (χ4n) is 3.33. The van der Waals surface area contributed by atoms with Gasteiger partial charge in [0.1, 0.15) is 0 Å². The van der Waals surface area contributed by atoms with Crippen LogP contribution in [0.4, 0.5) is 0 Å². The summed E-state index contributed by atoms with van der Waals surface area (Å²) in [4.78, 5) is 0. The van der Waals surface area contributed by atoms with Gasteiger partial charge in [-0.2, -0.15) is 0 Å². The molecule has 0 spiro atoms. The Hall–Kier alpha value is -0.240. The molecule has 0 amide bonds. The molecule has 3 heteroatoms. The van der Waals surface area contributed by atoms with Gasteiger partial charge < -0.3 is 5.32 Å². The summed E-state index contributed by atoms with van der Waals surface area (Å²) in [6.45, 7) is 2.30. The van der Waals surface area contributed by atoms with Crippen molar-refractivity contribution in [2.24, 2.45) is 11.8 Å². The van der Waals surface area contributed by atoms with E-state index in [4.69, 9.17) is 23.2 Å². The monoisotopic (exact) mass is 299 g/mol. The van der Waals surface area contributed by atoms with Crippen LogP contribution in [0.15, 0.2) is 18.2 Å². The molecule has 2 rings (SSSR count). The Labute approximate surface area is 126 Å². The zero-order chi connectivity index (χ0) is 13.8. The Morgan fingerprint density at radius 3 is 2.42 bits per heavy atom. The second kappa shape index (κ2) is 6.97. The van der Waals surface area contributed by atoms with Crippen molar-refractivity contribution in [3.05, 3.63) is 33.8 Å². The summed E-state index contributed by atoms with van der Waals surface area (Å²) in [5, 5.41) is 4.94. The lowest BCUT2D eigenvalue weighted by molar-refractivity contribution is 0.224. The van der Waals surface area contributed by atoms with E-state index >= 15 is 0 Å². The maximum Gasteiger partial charge on any atom is 0.0468 e. The number of nitrogens with one attached hydrogen (secondary N) is 1. The van der Waals surface area contributed by atoms with Crippen LogP contribution in [0, 0.1) is 11.8 Å². The predicted octanol–water partition coefficient (Wildman–Crippen LogP) is 5.47. The van der Waals surface area contributed by atoms with Gasteiger partial charge in [-0.05, 0) is 49.4 Å². The second-order valence-electron chi connectivity index (χ2n) is 5.62. The Kier molecular flexibility index (Phi) is 5.56. The van der Waals surface area contributed by atoms with E-state index in [1.54, 1.807) is 0 Å². The number of hydrogen-bond acceptors (Lipinski definition) is 1. The highest BCUT2D eigenvalue weighted by molar-refractivity contribution is 6.35. The van der Waals surface area contributed by atoms with Crippen molar-refractivity contribution >= 4 is 23.2 Å². The fraction of sp³-hybridized carbons (Fsp3) is 0.625. The molecular formula is C16H23Cl2N. The van der Waals surface area contributed by atoms with Crippen molar-refractivity contribution in [2.75, 3.05) is 7.05 Å². The number of halogens is 2. The molecule has 1 unspecified atom stereocenters. The number of benzene rings is 1. The van der Waals surface area contributed by atoms with Crippen LogP contribution < -0.4 is 5.32 Å². The number of rotatable bonds is 4. The molecular weight excluding hydrogens is 277 g/mol. The van der Waals surface area contributed by atoms with Gasteiger partial charge in [-0.1, -0.05) is 55.5 Å². The van der Waals surface area contributed by atoms with Crippen LogP contribution in [-0.4, -0.2) is 7.05 Å². The zero-order valence-corrected chi connectivity index (χ0v) is 13.3. The van der Waals surface area contributed by atoms with Crippen LogP contribution in [0.25, 0.3) is 0 Å². The zero-order valence-electron chi connectivity index (χ0n) is 11.8.